The predicted molar refractivity (Wildman–Crippen MR) is 46.8 cm³/mol. The number of aliphatic hydroxyl groups excluding tert-OH is 1. The summed E-state index contributed by atoms with van der Waals surface area (Å²) in [4.78, 5) is 0. The van der Waals surface area contributed by atoms with Crippen LogP contribution in [0.5, 0.6) is 0 Å². The minimum absolute atomic E-state index is 0.267. The van der Waals surface area contributed by atoms with E-state index in [0.29, 0.717) is 5.69 Å². The Kier molecular flexibility index (Phi) is 2.81. The standard InChI is InChI=1S/C6H9NO3S2/c1-12(9,10)4-6(8)5-2-3-11-7-5/h2-3,6,8H,4H2,1H3. The van der Waals surface area contributed by atoms with Crippen LogP contribution in [-0.2, 0) is 9.84 Å². The number of sulfone groups is 1. The predicted octanol–water partition coefficient (Wildman–Crippen LogP) is 0.221. The van der Waals surface area contributed by atoms with Gasteiger partial charge in [-0.2, -0.15) is 4.37 Å². The number of nitrogens with zero attached hydrogens (tertiary/aromatic N) is 1. The summed E-state index contributed by atoms with van der Waals surface area (Å²) in [5.41, 5.74) is 0.422. The van der Waals surface area contributed by atoms with Crippen LogP contribution in [0.3, 0.4) is 0 Å². The Morgan fingerprint density at radius 2 is 2.42 bits per heavy atom. The SMILES string of the molecule is CS(=O)(=O)CC(O)c1ccsn1. The fraction of sp³-hybridized carbons (Fsp3) is 0.500. The molecular weight excluding hydrogens is 198 g/mol. The molecule has 0 bridgehead atoms. The zero-order chi connectivity index (χ0) is 9.19. The summed E-state index contributed by atoms with van der Waals surface area (Å²) in [7, 11) is -3.13. The Hall–Kier alpha value is -0.460. The molecule has 0 saturated heterocycles. The fourth-order valence-electron chi connectivity index (χ4n) is 0.766. The lowest BCUT2D eigenvalue weighted by molar-refractivity contribution is 0.198. The normalized spacial score (nSPS) is 14.5. The van der Waals surface area contributed by atoms with Crippen molar-refractivity contribution in [2.75, 3.05) is 12.0 Å². The largest absolute Gasteiger partial charge is 0.386 e. The van der Waals surface area contributed by atoms with Crippen LogP contribution in [0.4, 0.5) is 0 Å². The lowest BCUT2D eigenvalue weighted by Gasteiger charge is -2.04. The van der Waals surface area contributed by atoms with Gasteiger partial charge in [0.25, 0.3) is 0 Å². The van der Waals surface area contributed by atoms with Crippen LogP contribution in [0.15, 0.2) is 11.4 Å². The van der Waals surface area contributed by atoms with Gasteiger partial charge in [0.2, 0.25) is 0 Å². The van der Waals surface area contributed by atoms with Gasteiger partial charge in [0.15, 0.2) is 0 Å². The van der Waals surface area contributed by atoms with Gasteiger partial charge in [-0.05, 0) is 17.6 Å². The van der Waals surface area contributed by atoms with E-state index in [9.17, 15) is 13.5 Å². The van der Waals surface area contributed by atoms with Gasteiger partial charge in [-0.15, -0.1) is 0 Å². The lowest BCUT2D eigenvalue weighted by atomic mass is 10.3. The van der Waals surface area contributed by atoms with Crippen LogP contribution in [0, 0.1) is 0 Å². The summed E-state index contributed by atoms with van der Waals surface area (Å²) in [5, 5.41) is 11.0. The lowest BCUT2D eigenvalue weighted by Crippen LogP contribution is -2.12. The molecule has 0 aromatic carbocycles. The molecule has 12 heavy (non-hydrogen) atoms. The summed E-state index contributed by atoms with van der Waals surface area (Å²) in [6.45, 7) is 0. The molecule has 4 nitrogen and oxygen atoms in total. The number of hydrogen-bond acceptors (Lipinski definition) is 5. The average molecular weight is 207 g/mol. The zero-order valence-electron chi connectivity index (χ0n) is 6.47. The zero-order valence-corrected chi connectivity index (χ0v) is 8.10. The Balaban J connectivity index is 2.68. The maximum Gasteiger partial charge on any atom is 0.150 e. The van der Waals surface area contributed by atoms with Crippen molar-refractivity contribution in [1.82, 2.24) is 4.37 Å². The monoisotopic (exact) mass is 207 g/mol. The Morgan fingerprint density at radius 1 is 1.75 bits per heavy atom. The fourth-order valence-corrected chi connectivity index (χ4v) is 2.08. The Morgan fingerprint density at radius 3 is 2.83 bits per heavy atom. The van der Waals surface area contributed by atoms with E-state index in [2.05, 4.69) is 4.37 Å². The van der Waals surface area contributed by atoms with Crippen molar-refractivity contribution in [2.45, 2.75) is 6.10 Å². The van der Waals surface area contributed by atoms with Crippen LogP contribution in [0.1, 0.15) is 11.8 Å². The summed E-state index contributed by atoms with van der Waals surface area (Å²) < 4.78 is 25.3. The first-order valence-corrected chi connectivity index (χ1v) is 6.15. The first-order valence-electron chi connectivity index (χ1n) is 3.25. The van der Waals surface area contributed by atoms with Gasteiger partial charge in [-0.25, -0.2) is 8.42 Å². The highest BCUT2D eigenvalue weighted by Crippen LogP contribution is 2.13. The van der Waals surface area contributed by atoms with E-state index in [4.69, 9.17) is 0 Å². The van der Waals surface area contributed by atoms with E-state index >= 15 is 0 Å². The van der Waals surface area contributed by atoms with Crippen molar-refractivity contribution in [3.05, 3.63) is 17.1 Å². The maximum atomic E-state index is 10.8. The molecule has 1 heterocycles. The average Bonchev–Trinajstić information content (AvgIpc) is 2.32. The molecule has 0 aliphatic carbocycles. The van der Waals surface area contributed by atoms with Gasteiger partial charge < -0.3 is 5.11 Å². The second-order valence-corrected chi connectivity index (χ2v) is 5.38. The topological polar surface area (TPSA) is 67.3 Å². The Labute approximate surface area is 74.9 Å². The maximum absolute atomic E-state index is 10.8. The molecular formula is C6H9NO3S2. The van der Waals surface area contributed by atoms with Gasteiger partial charge in [-0.1, -0.05) is 0 Å². The molecule has 68 valence electrons. The highest BCUT2D eigenvalue weighted by atomic mass is 32.2. The van der Waals surface area contributed by atoms with Crippen molar-refractivity contribution in [1.29, 1.82) is 0 Å². The quantitative estimate of drug-likeness (QED) is 0.770. The van der Waals surface area contributed by atoms with Gasteiger partial charge in [0.05, 0.1) is 11.4 Å². The molecule has 0 amide bonds. The second-order valence-electron chi connectivity index (χ2n) is 2.53. The van der Waals surface area contributed by atoms with Crippen LogP contribution in [0.2, 0.25) is 0 Å². The highest BCUT2D eigenvalue weighted by Gasteiger charge is 2.15. The van der Waals surface area contributed by atoms with E-state index in [-0.39, 0.29) is 5.75 Å². The number of aliphatic hydroxyl groups is 1. The molecule has 1 atom stereocenters. The van der Waals surface area contributed by atoms with Gasteiger partial charge >= 0.3 is 0 Å². The first kappa shape index (κ1) is 9.63. The van der Waals surface area contributed by atoms with Crippen molar-refractivity contribution in [2.24, 2.45) is 0 Å². The smallest absolute Gasteiger partial charge is 0.150 e. The second kappa shape index (κ2) is 3.51. The molecule has 1 aromatic heterocycles. The van der Waals surface area contributed by atoms with E-state index < -0.39 is 15.9 Å². The molecule has 0 radical (unpaired) electrons. The van der Waals surface area contributed by atoms with E-state index in [1.54, 1.807) is 11.4 Å². The third-order valence-electron chi connectivity index (χ3n) is 1.26. The molecule has 0 saturated carbocycles. The van der Waals surface area contributed by atoms with E-state index in [1.807, 2.05) is 0 Å². The molecule has 0 aliphatic heterocycles. The third-order valence-corrected chi connectivity index (χ3v) is 2.76. The van der Waals surface area contributed by atoms with Gasteiger partial charge in [0, 0.05) is 11.6 Å². The van der Waals surface area contributed by atoms with Crippen LogP contribution < -0.4 is 0 Å². The first-order chi connectivity index (χ1) is 5.49. The van der Waals surface area contributed by atoms with E-state index in [0.717, 1.165) is 6.26 Å². The minimum atomic E-state index is -3.13. The summed E-state index contributed by atoms with van der Waals surface area (Å²) >= 11 is 1.19. The van der Waals surface area contributed by atoms with Crippen LogP contribution in [0.25, 0.3) is 0 Å². The molecule has 1 unspecified atom stereocenters. The summed E-state index contributed by atoms with van der Waals surface area (Å²) in [6.07, 6.45) is 0.0917. The molecule has 6 heteroatoms. The van der Waals surface area contributed by atoms with Crippen molar-refractivity contribution in [3.63, 3.8) is 0 Å². The number of hydrogen-bond donors (Lipinski definition) is 1. The highest BCUT2D eigenvalue weighted by molar-refractivity contribution is 7.90. The minimum Gasteiger partial charge on any atom is -0.386 e. The molecule has 0 fully saturated rings. The third kappa shape index (κ3) is 2.88. The molecule has 1 aromatic rings. The molecule has 0 spiro atoms. The number of aromatic nitrogens is 1. The molecule has 1 rings (SSSR count). The molecule has 1 N–H and O–H groups in total. The van der Waals surface area contributed by atoms with Gasteiger partial charge in [0.1, 0.15) is 15.9 Å². The number of rotatable bonds is 3. The summed E-state index contributed by atoms with van der Waals surface area (Å²) in [5.74, 6) is -0.267. The molecule has 0 aliphatic rings. The van der Waals surface area contributed by atoms with Crippen molar-refractivity contribution >= 4 is 21.4 Å². The van der Waals surface area contributed by atoms with Crippen LogP contribution >= 0.6 is 11.5 Å². The summed E-state index contributed by atoms with van der Waals surface area (Å²) in [6, 6.07) is 1.61. The Bertz CT molecular complexity index is 330. The van der Waals surface area contributed by atoms with Gasteiger partial charge in [-0.3, -0.25) is 0 Å². The van der Waals surface area contributed by atoms with E-state index in [1.165, 1.54) is 11.5 Å². The van der Waals surface area contributed by atoms with Crippen LogP contribution in [-0.4, -0.2) is 29.9 Å². The van der Waals surface area contributed by atoms with Crippen molar-refractivity contribution < 1.29 is 13.5 Å². The van der Waals surface area contributed by atoms with Crippen molar-refractivity contribution in [3.8, 4) is 0 Å².